The van der Waals surface area contributed by atoms with Crippen molar-refractivity contribution in [2.75, 3.05) is 61.9 Å². The summed E-state index contributed by atoms with van der Waals surface area (Å²) in [6.07, 6.45) is 8.86. The summed E-state index contributed by atoms with van der Waals surface area (Å²) < 4.78 is 76.9. The first-order valence-electron chi connectivity index (χ1n) is 40.7. The number of fused-ring (bicyclic) bond motifs is 4. The molecular weight excluding hydrogens is 1620 g/mol. The van der Waals surface area contributed by atoms with E-state index in [2.05, 4.69) is 20.9 Å². The molecule has 25 nitrogen and oxygen atoms in total. The van der Waals surface area contributed by atoms with Crippen molar-refractivity contribution in [1.82, 2.24) is 19.8 Å². The summed E-state index contributed by atoms with van der Waals surface area (Å²) in [4.78, 5) is 132. The topological polar surface area (TPSA) is 326 Å². The first-order valence-corrected chi connectivity index (χ1v) is 43.6. The molecule has 634 valence electrons. The van der Waals surface area contributed by atoms with Crippen molar-refractivity contribution in [1.29, 1.82) is 0 Å². The monoisotopic (exact) mass is 1730 g/mol. The third-order valence-corrected chi connectivity index (χ3v) is 27.9. The maximum Gasteiger partial charge on any atom is 0.312 e. The number of aliphatic carboxylic acids is 1. The van der Waals surface area contributed by atoms with E-state index < -0.39 is 97.7 Å². The fourth-order valence-electron chi connectivity index (χ4n) is 18.1. The molecule has 6 saturated carbocycles. The molecule has 2 N–H and O–H groups in total. The fourth-order valence-corrected chi connectivity index (χ4v) is 20.1. The van der Waals surface area contributed by atoms with Crippen molar-refractivity contribution in [2.45, 2.75) is 225 Å². The number of aromatic amines is 1. The van der Waals surface area contributed by atoms with E-state index in [9.17, 15) is 56.7 Å². The molecule has 2 amide bonds. The number of Topliss-reactive ketones (excluding diaryl/α,β-unsaturated/α-hetero) is 2. The highest BCUT2D eigenvalue weighted by Crippen LogP contribution is 2.60. The molecule has 6 aliphatic carbocycles. The molecule has 29 heteroatoms. The van der Waals surface area contributed by atoms with Crippen LogP contribution >= 0.6 is 39.1 Å². The molecule has 8 aliphatic rings. The predicted octanol–water partition coefficient (Wildman–Crippen LogP) is 14.5. The zero-order valence-corrected chi connectivity index (χ0v) is 72.7. The molecule has 0 radical (unpaired) electrons. The number of likely N-dealkylation sites (tertiary alicyclic amines) is 2. The maximum atomic E-state index is 14.6. The number of benzene rings is 3. The number of halogens is 3. The molecule has 2 unspecified atom stereocenters. The van der Waals surface area contributed by atoms with Crippen LogP contribution in [-0.2, 0) is 89.2 Å². The van der Waals surface area contributed by atoms with Gasteiger partial charge in [0.05, 0.1) is 97.5 Å². The lowest BCUT2D eigenvalue weighted by Crippen LogP contribution is -2.48. The zero-order valence-electron chi connectivity index (χ0n) is 68.8. The van der Waals surface area contributed by atoms with Gasteiger partial charge in [0.2, 0.25) is 11.8 Å². The Balaban J connectivity index is 0.000000188. The molecule has 0 bridgehead atoms. The second kappa shape index (κ2) is 37.2. The minimum absolute atomic E-state index is 0.0111. The second-order valence-electron chi connectivity index (χ2n) is 35.2. The lowest BCUT2D eigenvalue weighted by molar-refractivity contribution is -0.157. The minimum atomic E-state index is -4.21. The van der Waals surface area contributed by atoms with Crippen molar-refractivity contribution in [3.05, 3.63) is 96.8 Å². The Morgan fingerprint density at radius 2 is 1.09 bits per heavy atom. The molecule has 4 heterocycles. The Labute approximate surface area is 697 Å². The third kappa shape index (κ3) is 20.8. The van der Waals surface area contributed by atoms with Crippen LogP contribution in [0.5, 0.6) is 17.2 Å². The van der Waals surface area contributed by atoms with Gasteiger partial charge in [-0.25, -0.2) is 0 Å². The van der Waals surface area contributed by atoms with Gasteiger partial charge < -0.3 is 57.8 Å². The van der Waals surface area contributed by atoms with Crippen LogP contribution in [0.4, 0.5) is 0 Å². The number of H-pyrrole nitrogens is 1. The number of aromatic nitrogens is 2. The van der Waals surface area contributed by atoms with Gasteiger partial charge in [0.1, 0.15) is 45.6 Å². The number of carboxylic acid groups (broad SMARTS) is 1. The van der Waals surface area contributed by atoms with E-state index in [0.717, 1.165) is 56.3 Å². The molecule has 2 aromatic heterocycles. The number of pyridine rings is 2. The Morgan fingerprint density at radius 3 is 1.58 bits per heavy atom. The van der Waals surface area contributed by atoms with Gasteiger partial charge in [-0.15, -0.1) is 0 Å². The van der Waals surface area contributed by atoms with Crippen molar-refractivity contribution in [3.63, 3.8) is 0 Å². The van der Waals surface area contributed by atoms with Crippen LogP contribution in [0.25, 0.3) is 21.8 Å². The second-order valence-corrected chi connectivity index (χ2v) is 38.5. The number of carbonyl (C=O) groups is 8. The van der Waals surface area contributed by atoms with Gasteiger partial charge >= 0.3 is 23.9 Å². The summed E-state index contributed by atoms with van der Waals surface area (Å²) in [6.45, 7) is 16.3. The van der Waals surface area contributed by atoms with Gasteiger partial charge in [-0.1, -0.05) is 107 Å². The molecule has 2 aliphatic heterocycles. The molecule has 13 rings (SSSR count). The van der Waals surface area contributed by atoms with Crippen molar-refractivity contribution in [3.8, 4) is 17.2 Å². The summed E-state index contributed by atoms with van der Waals surface area (Å²) >= 11 is 16.3. The van der Waals surface area contributed by atoms with Gasteiger partial charge in [0.15, 0.2) is 17.0 Å². The number of amides is 2. The highest BCUT2D eigenvalue weighted by molar-refractivity contribution is 9.10. The predicted molar refractivity (Wildman–Crippen MR) is 438 cm³/mol. The van der Waals surface area contributed by atoms with Crippen LogP contribution in [-0.4, -0.2) is 179 Å². The number of methoxy groups -OCH3 is 5. The Hall–Kier alpha value is -7.27. The summed E-state index contributed by atoms with van der Waals surface area (Å²) in [7, 11) is 3.47. The van der Waals surface area contributed by atoms with E-state index in [1.165, 1.54) is 44.1 Å². The first kappa shape index (κ1) is 89.5. The van der Waals surface area contributed by atoms with Gasteiger partial charge in [-0.2, -0.15) is 8.42 Å². The zero-order chi connectivity index (χ0) is 84.3. The molecule has 16 atom stereocenters. The first-order chi connectivity index (χ1) is 54.9. The van der Waals surface area contributed by atoms with Crippen LogP contribution in [0.2, 0.25) is 10.0 Å². The van der Waals surface area contributed by atoms with E-state index in [4.69, 9.17) is 70.3 Å². The summed E-state index contributed by atoms with van der Waals surface area (Å²) in [5.74, 6) is -1.28. The van der Waals surface area contributed by atoms with E-state index in [-0.39, 0.29) is 103 Å². The van der Waals surface area contributed by atoms with E-state index in [1.807, 2.05) is 67.5 Å². The highest BCUT2D eigenvalue weighted by Gasteiger charge is 2.63. The number of aryl methyl sites for hydroxylation is 2. The SMILES string of the molecule is CC[C@@H]1C[C@]1(CC(=O)[C@@H]1C[C@@H](Oc2cc(CCCOC)nc3c(Cl)c(OC)ccc23)CN1C(=O)[C@@H](CC(=O)OC1C[C@@H]2C[C@@H]2C1)C(C)(C)C)C(=O)O.CC[C@@H]1C[C@]1(CC(=O)[C@@H]1C[C@H](OS(=O)(=O)c2ccc(Br)cc2)CN1C(=O)[C@@H](CC(=O)OC1C[C@@H]2C[C@@H]2C1)C(C)(C)C)C(=O)OC.COCCCc1cc(=O)c2ccc(OC)c(Cl)c2[nH]1. The number of ketones is 2. The smallest absolute Gasteiger partial charge is 0.312 e. The van der Waals surface area contributed by atoms with E-state index in [1.54, 1.807) is 62.6 Å². The average Bonchev–Trinajstić information content (AvgIpc) is 1.57. The van der Waals surface area contributed by atoms with Crippen LogP contribution in [0.3, 0.4) is 0 Å². The van der Waals surface area contributed by atoms with Crippen LogP contribution in [0.1, 0.15) is 182 Å². The summed E-state index contributed by atoms with van der Waals surface area (Å²) in [5.41, 5.74) is -0.672. The number of esters is 3. The van der Waals surface area contributed by atoms with E-state index >= 15 is 0 Å². The van der Waals surface area contributed by atoms with Gasteiger partial charge in [-0.3, -0.25) is 52.3 Å². The number of hydrogen-bond donors (Lipinski definition) is 2. The number of carbonyl (C=O) groups excluding carboxylic acids is 7. The third-order valence-electron chi connectivity index (χ3n) is 25.2. The molecule has 3 aromatic carbocycles. The number of hydrogen-bond acceptors (Lipinski definition) is 21. The van der Waals surface area contributed by atoms with Crippen LogP contribution < -0.4 is 19.6 Å². The lowest BCUT2D eigenvalue weighted by Gasteiger charge is -2.35. The van der Waals surface area contributed by atoms with E-state index in [0.29, 0.717) is 123 Å². The number of nitrogens with one attached hydrogen (secondary N) is 1. The normalized spacial score (nSPS) is 26.6. The van der Waals surface area contributed by atoms with Crippen molar-refractivity contribution < 1.29 is 94.0 Å². The standard InChI is InChI=1S/C40H53ClN2O9.C33H44BrNO9S.C14H16ClNO3/c1-7-24-19-40(24,38(47)48)20-31(44)30-17-27(51-33-16-25(9-8-12-49-5)42-36-28(33)10-11-32(50-6)35(36)41)21-43(30)37(46)29(39(2,3)4)18-34(45)52-26-14-22-13-23(22)15-26;1-6-21-16-33(21,31(39)42-5)17-28(36)27-14-24(44-45(40,41)25-9-7-22(34)8-10-25)18-35(27)30(38)26(32(2,3)4)15-29(37)43-23-12-19-11-20(19)13-23;1-18-7-3-4-9-8-11(17)10-5-6-12(19-2)13(15)14(10)16-9/h10-11,16,22-24,26-27,29-30H,7-9,12-15,17-21H2,1-6H3,(H,47,48);7-10,19-21,23-24,26-27H,6,11-18H2,1-5H3;5-6,8H,3-4,7H2,1-2H3,(H,16,17)/t22-,23+,24-,26?,27-,29-,30+,40-;19-,20+,21-,23?,24+,26-,27+,33-;/m11./s1. The van der Waals surface area contributed by atoms with Gasteiger partial charge in [-0.05, 0) is 172 Å². The highest BCUT2D eigenvalue weighted by atomic mass is 79.9. The fraction of sp³-hybridized carbons (Fsp3) is 0.632. The van der Waals surface area contributed by atoms with Gasteiger partial charge in [0, 0.05) is 98.4 Å². The summed E-state index contributed by atoms with van der Waals surface area (Å²) in [6, 6.07) is 14.5. The minimum Gasteiger partial charge on any atom is -0.495 e. The van der Waals surface area contributed by atoms with Crippen LogP contribution in [0, 0.1) is 69.0 Å². The Bertz CT molecular complexity index is 4640. The number of ether oxygens (including phenoxy) is 8. The molecule has 8 fully saturated rings. The van der Waals surface area contributed by atoms with Crippen LogP contribution in [0.15, 0.2) is 74.8 Å². The number of nitrogens with zero attached hydrogens (tertiary/aromatic N) is 3. The average molecular weight is 1730 g/mol. The maximum absolute atomic E-state index is 14.6. The van der Waals surface area contributed by atoms with Gasteiger partial charge in [0.25, 0.3) is 10.1 Å². The number of rotatable bonds is 33. The molecule has 0 spiro atoms. The largest absolute Gasteiger partial charge is 0.495 e. The van der Waals surface area contributed by atoms with Crippen molar-refractivity contribution in [2.24, 2.45) is 69.0 Å². The molecule has 116 heavy (non-hydrogen) atoms. The quantitative estimate of drug-likeness (QED) is 0.0170. The lowest BCUT2D eigenvalue weighted by atomic mass is 9.77. The van der Waals surface area contributed by atoms with Crippen molar-refractivity contribution >= 4 is 118 Å². The number of carboxylic acids is 1. The molecular formula is C87H113BrCl2N4O21S. The Morgan fingerprint density at radius 1 is 0.612 bits per heavy atom. The molecule has 2 saturated heterocycles. The summed E-state index contributed by atoms with van der Waals surface area (Å²) in [5, 5.41) is 12.2. The Kier molecular flexibility index (Phi) is 28.7. The molecule has 5 aromatic rings.